The highest BCUT2D eigenvalue weighted by molar-refractivity contribution is 5.69. The first kappa shape index (κ1) is 72.9. The zero-order chi connectivity index (χ0) is 54.2. The van der Waals surface area contributed by atoms with Gasteiger partial charge in [0, 0.05) is 24.5 Å². The van der Waals surface area contributed by atoms with E-state index in [4.69, 9.17) is 105 Å². The Morgan fingerprint density at radius 1 is 0.320 bits per heavy atom. The Labute approximate surface area is 446 Å². The fourth-order valence-electron chi connectivity index (χ4n) is 5.27. The lowest BCUT2D eigenvalue weighted by atomic mass is 10.2. The van der Waals surface area contributed by atoms with Gasteiger partial charge in [0.05, 0.1) is 271 Å². The van der Waals surface area contributed by atoms with Crippen molar-refractivity contribution in [3.8, 4) is 0 Å². The minimum Gasteiger partial charge on any atom is -0.460 e. The molecule has 0 unspecified atom stereocenters. The van der Waals surface area contributed by atoms with Gasteiger partial charge >= 0.3 is 5.97 Å². The molecule has 446 valence electrons. The van der Waals surface area contributed by atoms with Crippen LogP contribution in [-0.4, -0.2) is 295 Å². The first-order valence-electron chi connectivity index (χ1n) is 26.4. The van der Waals surface area contributed by atoms with Crippen molar-refractivity contribution in [3.05, 3.63) is 10.4 Å². The average Bonchev–Trinajstić information content (AvgIpc) is 3.39. The molecule has 0 fully saturated rings. The molecule has 0 aromatic carbocycles. The number of rotatable bonds is 66. The van der Waals surface area contributed by atoms with E-state index in [1.165, 1.54) is 0 Å². The third kappa shape index (κ3) is 69.9. The van der Waals surface area contributed by atoms with Crippen molar-refractivity contribution in [2.75, 3.05) is 284 Å². The number of hydrogen-bond acceptors (Lipinski definition) is 24. The minimum absolute atomic E-state index is 0.225. The lowest BCUT2D eigenvalue weighted by Gasteiger charge is -2.19. The van der Waals surface area contributed by atoms with Crippen LogP contribution in [0, 0.1) is 0 Å². The normalized spacial score (nSPS) is 11.7. The maximum Gasteiger partial charge on any atom is 0.308 e. The molecule has 0 saturated heterocycles. The molecule has 0 heterocycles. The van der Waals surface area contributed by atoms with Gasteiger partial charge in [0.25, 0.3) is 0 Å². The third-order valence-electron chi connectivity index (χ3n) is 8.81. The second-order valence-corrected chi connectivity index (χ2v) is 16.3. The predicted molar refractivity (Wildman–Crippen MR) is 274 cm³/mol. The summed E-state index contributed by atoms with van der Waals surface area (Å²) < 4.78 is 115. The molecule has 0 bridgehead atoms. The molecule has 0 aromatic rings. The van der Waals surface area contributed by atoms with Gasteiger partial charge in [-0.15, -0.1) is 0 Å². The van der Waals surface area contributed by atoms with E-state index in [-0.39, 0.29) is 12.4 Å². The van der Waals surface area contributed by atoms with E-state index in [0.29, 0.717) is 271 Å². The van der Waals surface area contributed by atoms with Gasteiger partial charge in [0.2, 0.25) is 0 Å². The smallest absolute Gasteiger partial charge is 0.308 e. The summed E-state index contributed by atoms with van der Waals surface area (Å²) in [6.45, 7) is 26.6. The number of carbonyl (C=O) groups excluding carboxylic acids is 1. The van der Waals surface area contributed by atoms with Crippen LogP contribution in [0.2, 0.25) is 0 Å². The van der Waals surface area contributed by atoms with E-state index in [1.807, 2.05) is 20.8 Å². The van der Waals surface area contributed by atoms with Crippen LogP contribution in [0.25, 0.3) is 10.4 Å². The Kier molecular flexibility index (Phi) is 62.7. The van der Waals surface area contributed by atoms with Crippen LogP contribution in [0.3, 0.4) is 0 Å². The van der Waals surface area contributed by atoms with E-state index in [9.17, 15) is 4.79 Å². The predicted octanol–water partition coefficient (Wildman–Crippen LogP) is 1.95. The maximum atomic E-state index is 11.6. The monoisotopic (exact) mass is 1090 g/mol. The molecule has 0 aliphatic heterocycles. The largest absolute Gasteiger partial charge is 0.460 e. The zero-order valence-corrected chi connectivity index (χ0v) is 45.9. The second-order valence-electron chi connectivity index (χ2n) is 16.3. The summed E-state index contributed by atoms with van der Waals surface area (Å²) in [5.74, 6) is -0.270. The quantitative estimate of drug-likeness (QED) is 0.0300. The number of ether oxygens (including phenoxy) is 21. The van der Waals surface area contributed by atoms with Crippen LogP contribution >= 0.6 is 0 Å². The SMILES string of the molecule is CC(C)(C)OC(=O)CCOCCOCCOCCOCCOCCOCCOCCOCCOCCOCCNCCOCCOCCOCCOCCOCCOCCOCCOCCOCCOCCN=[N+]=[N-]. The van der Waals surface area contributed by atoms with E-state index < -0.39 is 5.60 Å². The van der Waals surface area contributed by atoms with Crippen LogP contribution in [0.5, 0.6) is 0 Å². The molecule has 0 rings (SSSR count). The lowest BCUT2D eigenvalue weighted by Crippen LogP contribution is -2.25. The molecule has 0 atom stereocenters. The lowest BCUT2D eigenvalue weighted by molar-refractivity contribution is -0.156. The van der Waals surface area contributed by atoms with Crippen LogP contribution in [0.1, 0.15) is 27.2 Å². The maximum absolute atomic E-state index is 11.6. The molecule has 26 nitrogen and oxygen atoms in total. The summed E-state index contributed by atoms with van der Waals surface area (Å²) in [7, 11) is 0. The highest BCUT2D eigenvalue weighted by Crippen LogP contribution is 2.08. The highest BCUT2D eigenvalue weighted by Gasteiger charge is 2.15. The molecule has 0 amide bonds. The Bertz CT molecular complexity index is 1170. The summed E-state index contributed by atoms with van der Waals surface area (Å²) in [4.78, 5) is 14.3. The second kappa shape index (κ2) is 64.5. The van der Waals surface area contributed by atoms with Gasteiger partial charge in [-0.25, -0.2) is 0 Å². The van der Waals surface area contributed by atoms with Crippen molar-refractivity contribution in [1.29, 1.82) is 0 Å². The van der Waals surface area contributed by atoms with E-state index in [2.05, 4.69) is 15.3 Å². The first-order chi connectivity index (χ1) is 37.0. The van der Waals surface area contributed by atoms with Crippen molar-refractivity contribution in [2.24, 2.45) is 5.11 Å². The zero-order valence-electron chi connectivity index (χ0n) is 45.9. The summed E-state index contributed by atoms with van der Waals surface area (Å²) in [5.41, 5.74) is 7.68. The van der Waals surface area contributed by atoms with Gasteiger partial charge in [-0.05, 0) is 26.3 Å². The first-order valence-corrected chi connectivity index (χ1v) is 26.4. The van der Waals surface area contributed by atoms with Crippen molar-refractivity contribution in [1.82, 2.24) is 5.32 Å². The number of carbonyl (C=O) groups is 1. The number of nitrogens with one attached hydrogen (secondary N) is 1. The van der Waals surface area contributed by atoms with Crippen molar-refractivity contribution in [2.45, 2.75) is 32.8 Å². The number of hydrogen-bond donors (Lipinski definition) is 1. The number of nitrogens with zero attached hydrogens (tertiary/aromatic N) is 3. The summed E-state index contributed by atoms with van der Waals surface area (Å²) in [6.07, 6.45) is 0.225. The highest BCUT2D eigenvalue weighted by atomic mass is 16.6. The van der Waals surface area contributed by atoms with Crippen LogP contribution in [0.15, 0.2) is 5.11 Å². The fraction of sp³-hybridized carbons (Fsp3) is 0.980. The van der Waals surface area contributed by atoms with Crippen molar-refractivity contribution >= 4 is 5.97 Å². The molecular formula is C49H98N4O22. The number of azide groups is 1. The van der Waals surface area contributed by atoms with Gasteiger partial charge in [0.1, 0.15) is 5.60 Å². The molecule has 0 aliphatic carbocycles. The molecular weight excluding hydrogens is 997 g/mol. The Balaban J connectivity index is 3.10. The van der Waals surface area contributed by atoms with E-state index >= 15 is 0 Å². The number of esters is 1. The Morgan fingerprint density at radius 2 is 0.507 bits per heavy atom. The Hall–Kier alpha value is -2.06. The molecule has 0 spiro atoms. The molecule has 1 N–H and O–H groups in total. The van der Waals surface area contributed by atoms with Crippen molar-refractivity contribution in [3.63, 3.8) is 0 Å². The van der Waals surface area contributed by atoms with E-state index in [1.54, 1.807) is 0 Å². The van der Waals surface area contributed by atoms with Gasteiger partial charge in [0.15, 0.2) is 0 Å². The van der Waals surface area contributed by atoms with Crippen LogP contribution in [-0.2, 0) is 104 Å². The molecule has 75 heavy (non-hydrogen) atoms. The summed E-state index contributed by atoms with van der Waals surface area (Å²) >= 11 is 0. The van der Waals surface area contributed by atoms with Gasteiger partial charge in [-0.3, -0.25) is 4.79 Å². The van der Waals surface area contributed by atoms with Crippen LogP contribution < -0.4 is 5.32 Å². The van der Waals surface area contributed by atoms with Gasteiger partial charge in [-0.2, -0.15) is 0 Å². The van der Waals surface area contributed by atoms with Gasteiger partial charge < -0.3 is 105 Å². The molecule has 0 saturated carbocycles. The molecule has 0 aromatic heterocycles. The molecule has 26 heteroatoms. The molecule has 0 radical (unpaired) electrons. The standard InChI is InChI=1S/C49H98N4O22/c1-49(2,3)75-48(54)4-8-55-12-16-59-20-24-63-28-32-67-36-40-71-44-45-72-41-37-68-33-29-64-25-21-60-17-13-56-9-5-51-6-10-57-14-18-61-22-26-65-30-34-69-38-42-73-46-47-74-43-39-70-35-31-66-27-23-62-19-15-58-11-7-52-53-50/h51H,4-47H2,1-3H3. The van der Waals surface area contributed by atoms with Crippen LogP contribution in [0.4, 0.5) is 0 Å². The average molecular weight is 1100 g/mol. The minimum atomic E-state index is -0.482. The fourth-order valence-corrected chi connectivity index (χ4v) is 5.27. The third-order valence-corrected chi connectivity index (χ3v) is 8.81. The Morgan fingerprint density at radius 3 is 0.707 bits per heavy atom. The van der Waals surface area contributed by atoms with Gasteiger partial charge in [-0.1, -0.05) is 5.11 Å². The van der Waals surface area contributed by atoms with Crippen molar-refractivity contribution < 1.29 is 104 Å². The summed E-state index contributed by atoms with van der Waals surface area (Å²) in [5, 5.41) is 6.66. The summed E-state index contributed by atoms with van der Waals surface area (Å²) in [6, 6.07) is 0. The topological polar surface area (TPSA) is 272 Å². The molecule has 0 aliphatic rings. The van der Waals surface area contributed by atoms with E-state index in [0.717, 1.165) is 13.1 Å².